The van der Waals surface area contributed by atoms with E-state index in [1.165, 1.54) is 124 Å². The normalized spacial score (nSPS) is 11.4. The molecule has 0 spiro atoms. The van der Waals surface area contributed by atoms with Crippen LogP contribution in [0.25, 0.3) is 21.1 Å². The Morgan fingerprint density at radius 3 is 1.19 bits per heavy atom. The third-order valence-electron chi connectivity index (χ3n) is 7.22. The van der Waals surface area contributed by atoms with Crippen molar-refractivity contribution in [3.8, 4) is 21.1 Å². The van der Waals surface area contributed by atoms with Crippen LogP contribution in [0.2, 0.25) is 0 Å². The van der Waals surface area contributed by atoms with E-state index in [4.69, 9.17) is 0 Å². The second kappa shape index (κ2) is 17.9. The van der Waals surface area contributed by atoms with Crippen molar-refractivity contribution in [2.24, 2.45) is 0 Å². The molecular weight excluding hydrogens is 477 g/mol. The number of aromatic nitrogens is 2. The van der Waals surface area contributed by atoms with E-state index >= 15 is 0 Å². The first-order valence-electron chi connectivity index (χ1n) is 14.8. The first kappa shape index (κ1) is 29.0. The van der Waals surface area contributed by atoms with E-state index in [0.717, 1.165) is 24.2 Å². The zero-order valence-corrected chi connectivity index (χ0v) is 24.5. The summed E-state index contributed by atoms with van der Waals surface area (Å²) in [5.74, 6) is 0. The fraction of sp³-hybridized carbons (Fsp3) is 0.625. The van der Waals surface area contributed by atoms with E-state index in [9.17, 15) is 0 Å². The highest BCUT2D eigenvalue weighted by atomic mass is 32.1. The van der Waals surface area contributed by atoms with Crippen molar-refractivity contribution in [2.45, 2.75) is 129 Å². The number of hydrogen-bond acceptors (Lipinski definition) is 4. The van der Waals surface area contributed by atoms with Crippen molar-refractivity contribution < 1.29 is 0 Å². The van der Waals surface area contributed by atoms with Gasteiger partial charge in [-0.1, -0.05) is 104 Å². The highest BCUT2D eigenvalue weighted by molar-refractivity contribution is 7.14. The molecule has 0 aliphatic rings. The standard InChI is InChI=1S/C32H48N2S2/c1-3-5-7-9-11-13-15-17-19-27-23-25-35-31(27)29-21-22-30(34-33-29)32-28(24-26-36-32)20-18-16-14-12-10-8-6-4-2/h21-26H,3-20H2,1-2H3. The van der Waals surface area contributed by atoms with Gasteiger partial charge in [-0.15, -0.1) is 32.9 Å². The molecular formula is C32H48N2S2. The molecule has 0 aliphatic carbocycles. The maximum absolute atomic E-state index is 4.68. The van der Waals surface area contributed by atoms with Crippen LogP contribution < -0.4 is 0 Å². The van der Waals surface area contributed by atoms with Crippen molar-refractivity contribution >= 4 is 22.7 Å². The van der Waals surface area contributed by atoms with Gasteiger partial charge in [0.15, 0.2) is 0 Å². The van der Waals surface area contributed by atoms with Gasteiger partial charge in [0.05, 0.1) is 9.75 Å². The van der Waals surface area contributed by atoms with Crippen molar-refractivity contribution in [3.63, 3.8) is 0 Å². The van der Waals surface area contributed by atoms with Gasteiger partial charge in [-0.3, -0.25) is 0 Å². The van der Waals surface area contributed by atoms with Crippen LogP contribution >= 0.6 is 22.7 Å². The van der Waals surface area contributed by atoms with Crippen LogP contribution in [-0.2, 0) is 12.8 Å². The van der Waals surface area contributed by atoms with Crippen molar-refractivity contribution in [2.75, 3.05) is 0 Å². The summed E-state index contributed by atoms with van der Waals surface area (Å²) in [6, 6.07) is 8.95. The molecule has 2 nitrogen and oxygen atoms in total. The predicted molar refractivity (Wildman–Crippen MR) is 161 cm³/mol. The first-order chi connectivity index (χ1) is 17.8. The summed E-state index contributed by atoms with van der Waals surface area (Å²) < 4.78 is 0. The minimum absolute atomic E-state index is 1.03. The van der Waals surface area contributed by atoms with E-state index in [1.54, 1.807) is 0 Å². The van der Waals surface area contributed by atoms with Gasteiger partial charge in [0.2, 0.25) is 0 Å². The molecule has 0 N–H and O–H groups in total. The number of aryl methyl sites for hydroxylation is 2. The fourth-order valence-corrected chi connectivity index (χ4v) is 6.83. The molecule has 36 heavy (non-hydrogen) atoms. The SMILES string of the molecule is CCCCCCCCCCc1ccsc1-c1ccc(-c2sccc2CCCCCCCCCC)nn1. The molecule has 3 heterocycles. The zero-order chi connectivity index (χ0) is 25.3. The molecule has 0 bridgehead atoms. The molecule has 0 aromatic carbocycles. The molecule has 0 amide bonds. The van der Waals surface area contributed by atoms with Crippen LogP contribution in [0.15, 0.2) is 35.0 Å². The molecule has 3 rings (SSSR count). The predicted octanol–water partition coefficient (Wildman–Crippen LogP) is 11.3. The Kier molecular flexibility index (Phi) is 14.4. The average Bonchev–Trinajstić information content (AvgIpc) is 3.57. The van der Waals surface area contributed by atoms with E-state index in [1.807, 2.05) is 22.7 Å². The Hall–Kier alpha value is -1.52. The fourth-order valence-electron chi connectivity index (χ4n) is 4.99. The Morgan fingerprint density at radius 1 is 0.472 bits per heavy atom. The van der Waals surface area contributed by atoms with Crippen molar-refractivity contribution in [1.29, 1.82) is 0 Å². The van der Waals surface area contributed by atoms with Gasteiger partial charge in [-0.2, -0.15) is 0 Å². The van der Waals surface area contributed by atoms with Crippen LogP contribution in [0.4, 0.5) is 0 Å². The van der Waals surface area contributed by atoms with Crippen LogP contribution in [0.1, 0.15) is 128 Å². The van der Waals surface area contributed by atoms with E-state index in [-0.39, 0.29) is 0 Å². The number of rotatable bonds is 20. The Balaban J connectivity index is 1.44. The lowest BCUT2D eigenvalue weighted by Gasteiger charge is -2.06. The average molecular weight is 525 g/mol. The Labute approximate surface area is 229 Å². The summed E-state index contributed by atoms with van der Waals surface area (Å²) in [5.41, 5.74) is 4.95. The minimum Gasteiger partial charge on any atom is -0.149 e. The quantitative estimate of drug-likeness (QED) is 0.137. The lowest BCUT2D eigenvalue weighted by Crippen LogP contribution is -1.93. The van der Waals surface area contributed by atoms with Gasteiger partial charge in [0.25, 0.3) is 0 Å². The highest BCUT2D eigenvalue weighted by Crippen LogP contribution is 2.33. The second-order valence-corrected chi connectivity index (χ2v) is 12.1. The molecule has 0 saturated heterocycles. The van der Waals surface area contributed by atoms with Crippen molar-refractivity contribution in [3.05, 3.63) is 46.2 Å². The van der Waals surface area contributed by atoms with Gasteiger partial charge < -0.3 is 0 Å². The highest BCUT2D eigenvalue weighted by Gasteiger charge is 2.12. The second-order valence-electron chi connectivity index (χ2n) is 10.3. The molecule has 0 fully saturated rings. The number of unbranched alkanes of at least 4 members (excludes halogenated alkanes) is 14. The molecule has 3 aromatic rings. The lowest BCUT2D eigenvalue weighted by molar-refractivity contribution is 0.576. The molecule has 4 heteroatoms. The third kappa shape index (κ3) is 10.1. The third-order valence-corrected chi connectivity index (χ3v) is 9.18. The summed E-state index contributed by atoms with van der Waals surface area (Å²) in [4.78, 5) is 2.62. The Bertz CT molecular complexity index is 864. The largest absolute Gasteiger partial charge is 0.149 e. The number of thiophene rings is 2. The monoisotopic (exact) mass is 524 g/mol. The van der Waals surface area contributed by atoms with Crippen LogP contribution in [0.3, 0.4) is 0 Å². The van der Waals surface area contributed by atoms with Crippen molar-refractivity contribution in [1.82, 2.24) is 10.2 Å². The summed E-state index contributed by atoms with van der Waals surface area (Å²) >= 11 is 3.62. The van der Waals surface area contributed by atoms with Crippen LogP contribution in [0, 0.1) is 0 Å². The number of hydrogen-bond donors (Lipinski definition) is 0. The van der Waals surface area contributed by atoms with Crippen LogP contribution in [0.5, 0.6) is 0 Å². The van der Waals surface area contributed by atoms with Gasteiger partial charge in [0.1, 0.15) is 11.4 Å². The van der Waals surface area contributed by atoms with Crippen LogP contribution in [-0.4, -0.2) is 10.2 Å². The minimum atomic E-state index is 1.03. The molecule has 198 valence electrons. The van der Waals surface area contributed by atoms with E-state index < -0.39 is 0 Å². The van der Waals surface area contributed by atoms with E-state index in [2.05, 4.69) is 59.1 Å². The Morgan fingerprint density at radius 2 is 0.833 bits per heavy atom. The topological polar surface area (TPSA) is 25.8 Å². The molecule has 0 atom stereocenters. The maximum Gasteiger partial charge on any atom is 0.103 e. The molecule has 0 unspecified atom stereocenters. The van der Waals surface area contributed by atoms with Gasteiger partial charge in [0, 0.05) is 0 Å². The molecule has 0 aliphatic heterocycles. The lowest BCUT2D eigenvalue weighted by atomic mass is 10.0. The summed E-state index contributed by atoms with van der Waals surface area (Å²) in [6.45, 7) is 4.57. The van der Waals surface area contributed by atoms with Gasteiger partial charge in [-0.05, 0) is 71.8 Å². The zero-order valence-electron chi connectivity index (χ0n) is 22.9. The smallest absolute Gasteiger partial charge is 0.103 e. The summed E-state index contributed by atoms with van der Waals surface area (Å²) in [6.07, 6.45) is 24.2. The summed E-state index contributed by atoms with van der Waals surface area (Å²) in [7, 11) is 0. The molecule has 0 radical (unpaired) electrons. The number of nitrogens with zero attached hydrogens (tertiary/aromatic N) is 2. The maximum atomic E-state index is 4.68. The molecule has 3 aromatic heterocycles. The summed E-state index contributed by atoms with van der Waals surface area (Å²) in [5, 5.41) is 13.8. The van der Waals surface area contributed by atoms with E-state index in [0.29, 0.717) is 0 Å². The first-order valence-corrected chi connectivity index (χ1v) is 16.6. The molecule has 0 saturated carbocycles. The van der Waals surface area contributed by atoms with Gasteiger partial charge in [-0.25, -0.2) is 0 Å². The van der Waals surface area contributed by atoms with Gasteiger partial charge >= 0.3 is 0 Å².